The van der Waals surface area contributed by atoms with Gasteiger partial charge in [0.25, 0.3) is 0 Å². The number of carbonyl (C=O) groups is 1. The maximum Gasteiger partial charge on any atom is 0.244 e. The van der Waals surface area contributed by atoms with Crippen LogP contribution >= 0.6 is 23.2 Å². The number of hydrogen-bond donors (Lipinski definition) is 1. The zero-order valence-electron chi connectivity index (χ0n) is 18.5. The fraction of sp³-hybridized carbons (Fsp3) is 0.364. The van der Waals surface area contributed by atoms with E-state index in [2.05, 4.69) is 5.32 Å². The van der Waals surface area contributed by atoms with Crippen LogP contribution in [0.25, 0.3) is 0 Å². The lowest BCUT2D eigenvalue weighted by Crippen LogP contribution is -2.65. The van der Waals surface area contributed by atoms with Gasteiger partial charge < -0.3 is 15.0 Å². The molecule has 1 aliphatic rings. The molecule has 0 aliphatic carbocycles. The molecule has 2 aromatic carbocycles. The highest BCUT2D eigenvalue weighted by atomic mass is 35.5. The molecule has 0 radical (unpaired) electrons. The predicted molar refractivity (Wildman–Crippen MR) is 126 cm³/mol. The zero-order chi connectivity index (χ0) is 25.1. The van der Waals surface area contributed by atoms with Gasteiger partial charge in [-0.15, -0.1) is 0 Å². The molecule has 0 unspecified atom stereocenters. The van der Waals surface area contributed by atoms with Crippen LogP contribution in [0.4, 0.5) is 4.39 Å². The first-order valence-electron chi connectivity index (χ1n) is 10.1. The number of amides is 1. The van der Waals surface area contributed by atoms with E-state index in [1.54, 1.807) is 25.1 Å². The minimum atomic E-state index is -3.91. The van der Waals surface area contributed by atoms with E-state index in [0.717, 1.165) is 6.07 Å². The van der Waals surface area contributed by atoms with E-state index in [1.807, 2.05) is 0 Å². The Bertz CT molecular complexity index is 1230. The molecule has 12 heteroatoms. The summed E-state index contributed by atoms with van der Waals surface area (Å²) in [4.78, 5) is 13.8. The van der Waals surface area contributed by atoms with Gasteiger partial charge in [0.2, 0.25) is 15.9 Å². The van der Waals surface area contributed by atoms with Crippen molar-refractivity contribution in [1.82, 2.24) is 14.5 Å². The Labute approximate surface area is 207 Å². The van der Waals surface area contributed by atoms with Crippen LogP contribution in [-0.4, -0.2) is 70.4 Å². The molecule has 1 fully saturated rings. The van der Waals surface area contributed by atoms with Crippen molar-refractivity contribution in [2.75, 3.05) is 46.9 Å². The van der Waals surface area contributed by atoms with Crippen LogP contribution in [0.15, 0.2) is 41.3 Å². The molecule has 0 aromatic heterocycles. The summed E-state index contributed by atoms with van der Waals surface area (Å²) in [5.41, 5.74) is -0.864. The third-order valence-corrected chi connectivity index (χ3v) is 7.77. The zero-order valence-corrected chi connectivity index (χ0v) is 20.8. The summed E-state index contributed by atoms with van der Waals surface area (Å²) >= 11 is 12.0. The third kappa shape index (κ3) is 5.98. The Morgan fingerprint density at radius 1 is 1.26 bits per heavy atom. The number of rotatable bonds is 9. The summed E-state index contributed by atoms with van der Waals surface area (Å²) in [5.74, 6) is -0.753. The second-order valence-electron chi connectivity index (χ2n) is 8.40. The highest BCUT2D eigenvalue weighted by molar-refractivity contribution is 7.89. The molecule has 8 nitrogen and oxygen atoms in total. The number of hydrogen-bond acceptors (Lipinski definition) is 6. The molecule has 3 rings (SSSR count). The lowest BCUT2D eigenvalue weighted by molar-refractivity contribution is -0.123. The third-order valence-electron chi connectivity index (χ3n) is 5.26. The first-order valence-corrected chi connectivity index (χ1v) is 12.3. The topological polar surface area (TPSA) is 103 Å². The summed E-state index contributed by atoms with van der Waals surface area (Å²) in [6.45, 7) is 0.435. The van der Waals surface area contributed by atoms with E-state index in [1.165, 1.54) is 34.6 Å². The molecule has 1 N–H and O–H groups in total. The SMILES string of the molecule is CN(C)CC(=O)NCC1(COc2ccc(C#N)c(F)c2)CN(S(=O)(=O)c2ccc(Cl)cc2Cl)C1. The van der Waals surface area contributed by atoms with Crippen molar-refractivity contribution < 1.29 is 22.3 Å². The quantitative estimate of drug-likeness (QED) is 0.536. The van der Waals surface area contributed by atoms with E-state index in [0.29, 0.717) is 5.02 Å². The van der Waals surface area contributed by atoms with Crippen LogP contribution in [0.3, 0.4) is 0 Å². The second-order valence-corrected chi connectivity index (χ2v) is 11.2. The monoisotopic (exact) mass is 528 g/mol. The lowest BCUT2D eigenvalue weighted by atomic mass is 9.82. The normalized spacial score (nSPS) is 15.4. The van der Waals surface area contributed by atoms with Crippen molar-refractivity contribution in [2.45, 2.75) is 4.90 Å². The number of halogens is 3. The van der Waals surface area contributed by atoms with Gasteiger partial charge in [-0.1, -0.05) is 23.2 Å². The maximum atomic E-state index is 13.9. The number of nitrogens with one attached hydrogen (secondary N) is 1. The number of nitrogens with zero attached hydrogens (tertiary/aromatic N) is 3. The highest BCUT2D eigenvalue weighted by Gasteiger charge is 2.49. The van der Waals surface area contributed by atoms with Gasteiger partial charge in [0.15, 0.2) is 0 Å². The van der Waals surface area contributed by atoms with Crippen LogP contribution in [0.5, 0.6) is 5.75 Å². The standard InChI is InChI=1S/C22H23Cl2FN4O4S/c1-28(2)10-21(30)27-11-22(14-33-17-5-3-15(9-26)19(25)8-17)12-29(13-22)34(31,32)20-6-4-16(23)7-18(20)24/h3-8H,10-14H2,1-2H3,(H,27,30). The van der Waals surface area contributed by atoms with Crippen molar-refractivity contribution in [1.29, 1.82) is 5.26 Å². The second kappa shape index (κ2) is 10.5. The van der Waals surface area contributed by atoms with Crippen molar-refractivity contribution in [3.63, 3.8) is 0 Å². The van der Waals surface area contributed by atoms with Crippen LogP contribution in [0.1, 0.15) is 5.56 Å². The van der Waals surface area contributed by atoms with E-state index >= 15 is 0 Å². The van der Waals surface area contributed by atoms with Gasteiger partial charge in [-0.05, 0) is 44.4 Å². The Hall–Kier alpha value is -2.42. The summed E-state index contributed by atoms with van der Waals surface area (Å²) in [7, 11) is -0.396. The molecule has 0 bridgehead atoms. The van der Waals surface area contributed by atoms with Crippen LogP contribution < -0.4 is 10.1 Å². The number of nitriles is 1. The van der Waals surface area contributed by atoms with E-state index < -0.39 is 21.3 Å². The average Bonchev–Trinajstić information content (AvgIpc) is 2.71. The number of ether oxygens (including phenoxy) is 1. The van der Waals surface area contributed by atoms with Gasteiger partial charge >= 0.3 is 0 Å². The van der Waals surface area contributed by atoms with E-state index in [4.69, 9.17) is 33.2 Å². The average molecular weight is 529 g/mol. The van der Waals surface area contributed by atoms with Crippen LogP contribution in [0.2, 0.25) is 10.0 Å². The molecule has 1 saturated heterocycles. The molecule has 0 spiro atoms. The number of carbonyl (C=O) groups excluding carboxylic acids is 1. The highest BCUT2D eigenvalue weighted by Crippen LogP contribution is 2.37. The molecule has 1 heterocycles. The van der Waals surface area contributed by atoms with Crippen molar-refractivity contribution >= 4 is 39.1 Å². The summed E-state index contributed by atoms with van der Waals surface area (Å²) in [6, 6.07) is 9.73. The molecule has 1 aliphatic heterocycles. The molecular formula is C22H23Cl2FN4O4S. The van der Waals surface area contributed by atoms with Crippen LogP contribution in [0, 0.1) is 22.6 Å². The van der Waals surface area contributed by atoms with Crippen LogP contribution in [-0.2, 0) is 14.8 Å². The first kappa shape index (κ1) is 26.2. The summed E-state index contributed by atoms with van der Waals surface area (Å²) in [6.07, 6.45) is 0. The fourth-order valence-electron chi connectivity index (χ4n) is 3.49. The molecule has 0 atom stereocenters. The van der Waals surface area contributed by atoms with Crippen molar-refractivity contribution in [3.8, 4) is 11.8 Å². The summed E-state index contributed by atoms with van der Waals surface area (Å²) < 4.78 is 47.1. The smallest absolute Gasteiger partial charge is 0.244 e. The molecular weight excluding hydrogens is 506 g/mol. The lowest BCUT2D eigenvalue weighted by Gasteiger charge is -2.48. The predicted octanol–water partition coefficient (Wildman–Crippen LogP) is 2.75. The Kier molecular flexibility index (Phi) is 8.06. The number of likely N-dealkylation sites (N-methyl/N-ethyl adjacent to an activating group) is 1. The van der Waals surface area contributed by atoms with Gasteiger partial charge in [-0.3, -0.25) is 4.79 Å². The number of sulfonamides is 1. The number of benzene rings is 2. The Balaban J connectivity index is 1.76. The van der Waals surface area contributed by atoms with Gasteiger partial charge in [-0.25, -0.2) is 12.8 Å². The minimum absolute atomic E-state index is 0.00796. The van der Waals surface area contributed by atoms with Gasteiger partial charge in [-0.2, -0.15) is 9.57 Å². The van der Waals surface area contributed by atoms with E-state index in [-0.39, 0.29) is 59.9 Å². The summed E-state index contributed by atoms with van der Waals surface area (Å²) in [5, 5.41) is 12.0. The largest absolute Gasteiger partial charge is 0.493 e. The van der Waals surface area contributed by atoms with Crippen molar-refractivity contribution in [3.05, 3.63) is 57.8 Å². The minimum Gasteiger partial charge on any atom is -0.493 e. The molecule has 1 amide bonds. The Morgan fingerprint density at radius 2 is 1.97 bits per heavy atom. The Morgan fingerprint density at radius 3 is 2.56 bits per heavy atom. The van der Waals surface area contributed by atoms with E-state index in [9.17, 15) is 17.6 Å². The van der Waals surface area contributed by atoms with Crippen molar-refractivity contribution in [2.24, 2.45) is 5.41 Å². The molecule has 2 aromatic rings. The van der Waals surface area contributed by atoms with Gasteiger partial charge in [0.1, 0.15) is 22.5 Å². The molecule has 34 heavy (non-hydrogen) atoms. The van der Waals surface area contributed by atoms with Gasteiger partial charge in [0, 0.05) is 36.1 Å². The fourth-order valence-corrected chi connectivity index (χ4v) is 5.90. The first-order chi connectivity index (χ1) is 16.0. The molecule has 0 saturated carbocycles. The molecule has 182 valence electrons. The van der Waals surface area contributed by atoms with Gasteiger partial charge in [0.05, 0.1) is 23.7 Å². The maximum absolute atomic E-state index is 13.9.